The Labute approximate surface area is 114 Å². The summed E-state index contributed by atoms with van der Waals surface area (Å²) < 4.78 is 5.63. The molecule has 0 aliphatic heterocycles. The highest BCUT2D eigenvalue weighted by atomic mass is 16.6. The molecule has 0 saturated heterocycles. The van der Waals surface area contributed by atoms with Gasteiger partial charge in [0, 0.05) is 11.6 Å². The number of hydrogen-bond acceptors (Lipinski definition) is 4. The fraction of sp³-hybridized carbons (Fsp3) is 0. The molecule has 5 nitrogen and oxygen atoms in total. The monoisotopic (exact) mass is 266 g/mol. The molecule has 0 atom stereocenters. The van der Waals surface area contributed by atoms with Crippen LogP contribution in [0.5, 0.6) is 0 Å². The zero-order valence-corrected chi connectivity index (χ0v) is 10.4. The Morgan fingerprint density at radius 3 is 2.45 bits per heavy atom. The molecule has 0 unspecified atom stereocenters. The van der Waals surface area contributed by atoms with Crippen LogP contribution in [-0.2, 0) is 0 Å². The van der Waals surface area contributed by atoms with E-state index in [1.165, 1.54) is 12.3 Å². The van der Waals surface area contributed by atoms with E-state index in [-0.39, 0.29) is 5.69 Å². The van der Waals surface area contributed by atoms with Crippen molar-refractivity contribution in [2.45, 2.75) is 0 Å². The second-order valence-electron chi connectivity index (χ2n) is 4.17. The van der Waals surface area contributed by atoms with Crippen molar-refractivity contribution in [3.8, 4) is 22.8 Å². The Hall–Kier alpha value is -2.95. The predicted octanol–water partition coefficient (Wildman–Crippen LogP) is 3.92. The average molecular weight is 266 g/mol. The van der Waals surface area contributed by atoms with Crippen LogP contribution in [0.25, 0.3) is 22.8 Å². The number of hydrogen-bond donors (Lipinski definition) is 0. The van der Waals surface area contributed by atoms with Gasteiger partial charge in [-0.1, -0.05) is 30.3 Å². The smallest absolute Gasteiger partial charge is 0.280 e. The normalized spacial score (nSPS) is 10.4. The van der Waals surface area contributed by atoms with Gasteiger partial charge in [-0.05, 0) is 18.2 Å². The summed E-state index contributed by atoms with van der Waals surface area (Å²) in [7, 11) is 0. The third kappa shape index (κ3) is 2.16. The van der Waals surface area contributed by atoms with Gasteiger partial charge in [-0.25, -0.2) is 4.98 Å². The van der Waals surface area contributed by atoms with Gasteiger partial charge in [0.15, 0.2) is 5.76 Å². The maximum absolute atomic E-state index is 11.0. The number of nitrogens with zero attached hydrogens (tertiary/aromatic N) is 2. The zero-order chi connectivity index (χ0) is 13.9. The highest BCUT2D eigenvalue weighted by molar-refractivity contribution is 5.70. The van der Waals surface area contributed by atoms with Gasteiger partial charge < -0.3 is 4.42 Å². The molecule has 0 aliphatic carbocycles. The molecule has 0 radical (unpaired) electrons. The van der Waals surface area contributed by atoms with Crippen LogP contribution in [0.2, 0.25) is 0 Å². The summed E-state index contributed by atoms with van der Waals surface area (Å²) in [6.45, 7) is 0. The van der Waals surface area contributed by atoms with Crippen molar-refractivity contribution in [1.29, 1.82) is 0 Å². The summed E-state index contributed by atoms with van der Waals surface area (Å²) >= 11 is 0. The van der Waals surface area contributed by atoms with Crippen LogP contribution in [0.15, 0.2) is 65.2 Å². The highest BCUT2D eigenvalue weighted by Gasteiger charge is 2.18. The van der Waals surface area contributed by atoms with Gasteiger partial charge in [-0.15, -0.1) is 0 Å². The largest absolute Gasteiger partial charge is 0.436 e. The summed E-state index contributed by atoms with van der Waals surface area (Å²) in [5.41, 5.74) is 1.26. The Bertz CT molecular complexity index is 751. The molecule has 0 bridgehead atoms. The van der Waals surface area contributed by atoms with Gasteiger partial charge in [0.1, 0.15) is 0 Å². The number of nitro groups is 1. The van der Waals surface area contributed by atoms with Gasteiger partial charge in [-0.2, -0.15) is 0 Å². The first-order valence-electron chi connectivity index (χ1n) is 6.01. The van der Waals surface area contributed by atoms with E-state index < -0.39 is 4.92 Å². The molecule has 20 heavy (non-hydrogen) atoms. The van der Waals surface area contributed by atoms with Crippen molar-refractivity contribution in [3.05, 3.63) is 70.9 Å². The molecule has 0 fully saturated rings. The Kier molecular flexibility index (Phi) is 3.01. The minimum Gasteiger partial charge on any atom is -0.436 e. The quantitative estimate of drug-likeness (QED) is 0.532. The van der Waals surface area contributed by atoms with Gasteiger partial charge in [0.25, 0.3) is 5.69 Å². The zero-order valence-electron chi connectivity index (χ0n) is 10.4. The third-order valence-electron chi connectivity index (χ3n) is 2.89. The minimum absolute atomic E-state index is 0.00302. The number of nitro benzene ring substituents is 1. The van der Waals surface area contributed by atoms with E-state index in [2.05, 4.69) is 4.98 Å². The minimum atomic E-state index is -0.431. The second-order valence-corrected chi connectivity index (χ2v) is 4.17. The van der Waals surface area contributed by atoms with Crippen LogP contribution in [0.1, 0.15) is 0 Å². The van der Waals surface area contributed by atoms with Gasteiger partial charge in [-0.3, -0.25) is 10.1 Å². The molecule has 0 spiro atoms. The van der Waals surface area contributed by atoms with Crippen molar-refractivity contribution in [2.75, 3.05) is 0 Å². The number of benzene rings is 2. The lowest BCUT2D eigenvalue weighted by Crippen LogP contribution is -1.90. The van der Waals surface area contributed by atoms with Gasteiger partial charge in [0.2, 0.25) is 5.89 Å². The molecule has 0 saturated carbocycles. The predicted molar refractivity (Wildman–Crippen MR) is 74.0 cm³/mol. The summed E-state index contributed by atoms with van der Waals surface area (Å²) in [5.74, 6) is 0.829. The van der Waals surface area contributed by atoms with Crippen molar-refractivity contribution in [2.24, 2.45) is 0 Å². The van der Waals surface area contributed by atoms with Gasteiger partial charge in [0.05, 0.1) is 16.7 Å². The third-order valence-corrected chi connectivity index (χ3v) is 2.89. The molecule has 1 aromatic heterocycles. The molecule has 0 amide bonds. The fourth-order valence-corrected chi connectivity index (χ4v) is 1.95. The molecule has 1 heterocycles. The first-order valence-corrected chi connectivity index (χ1v) is 6.01. The lowest BCUT2D eigenvalue weighted by molar-refractivity contribution is -0.384. The summed E-state index contributed by atoms with van der Waals surface area (Å²) in [6.07, 6.45) is 1.50. The standard InChI is InChI=1S/C15H10N2O3/c18-17(19)13-9-5-4-8-12(13)14-10-16-15(20-14)11-6-2-1-3-7-11/h1-10H. The number of aromatic nitrogens is 1. The molecular formula is C15H10N2O3. The van der Waals surface area contributed by atoms with E-state index in [4.69, 9.17) is 4.42 Å². The maximum atomic E-state index is 11.0. The molecule has 3 aromatic rings. The Morgan fingerprint density at radius 1 is 1.00 bits per heavy atom. The summed E-state index contributed by atoms with van der Waals surface area (Å²) in [6, 6.07) is 15.8. The van der Waals surface area contributed by atoms with Crippen LogP contribution in [0.3, 0.4) is 0 Å². The molecule has 0 aliphatic rings. The SMILES string of the molecule is O=[N+]([O-])c1ccccc1-c1cnc(-c2ccccc2)o1. The van der Waals surface area contributed by atoms with Crippen molar-refractivity contribution in [3.63, 3.8) is 0 Å². The van der Waals surface area contributed by atoms with E-state index in [0.29, 0.717) is 17.2 Å². The van der Waals surface area contributed by atoms with E-state index in [0.717, 1.165) is 5.56 Å². The topological polar surface area (TPSA) is 69.2 Å². The van der Waals surface area contributed by atoms with Crippen LogP contribution >= 0.6 is 0 Å². The lowest BCUT2D eigenvalue weighted by atomic mass is 10.1. The van der Waals surface area contributed by atoms with Crippen molar-refractivity contribution < 1.29 is 9.34 Å². The first kappa shape index (κ1) is 12.1. The van der Waals surface area contributed by atoms with Crippen molar-refractivity contribution in [1.82, 2.24) is 4.98 Å². The second kappa shape index (κ2) is 4.97. The van der Waals surface area contributed by atoms with E-state index >= 15 is 0 Å². The van der Waals surface area contributed by atoms with E-state index in [1.807, 2.05) is 30.3 Å². The lowest BCUT2D eigenvalue weighted by Gasteiger charge is -1.98. The molecule has 3 rings (SSSR count). The average Bonchev–Trinajstić information content (AvgIpc) is 2.98. The molecule has 2 aromatic carbocycles. The van der Waals surface area contributed by atoms with Crippen molar-refractivity contribution >= 4 is 5.69 Å². The van der Waals surface area contributed by atoms with Crippen LogP contribution in [0.4, 0.5) is 5.69 Å². The Morgan fingerprint density at radius 2 is 1.70 bits per heavy atom. The molecular weight excluding hydrogens is 256 g/mol. The number of oxazole rings is 1. The van der Waals surface area contributed by atoms with Gasteiger partial charge >= 0.3 is 0 Å². The van der Waals surface area contributed by atoms with E-state index in [9.17, 15) is 10.1 Å². The molecule has 98 valence electrons. The highest BCUT2D eigenvalue weighted by Crippen LogP contribution is 2.32. The van der Waals surface area contributed by atoms with Crippen LogP contribution in [0, 0.1) is 10.1 Å². The summed E-state index contributed by atoms with van der Waals surface area (Å²) in [5, 5.41) is 11.0. The van der Waals surface area contributed by atoms with E-state index in [1.54, 1.807) is 18.2 Å². The molecule has 0 N–H and O–H groups in total. The van der Waals surface area contributed by atoms with Crippen LogP contribution in [-0.4, -0.2) is 9.91 Å². The van der Waals surface area contributed by atoms with Crippen LogP contribution < -0.4 is 0 Å². The fourth-order valence-electron chi connectivity index (χ4n) is 1.95. The molecule has 5 heteroatoms. The maximum Gasteiger partial charge on any atom is 0.280 e. The number of rotatable bonds is 3. The first-order chi connectivity index (χ1) is 9.75. The summed E-state index contributed by atoms with van der Waals surface area (Å²) in [4.78, 5) is 14.8. The Balaban J connectivity index is 2.05. The number of para-hydroxylation sites is 1.